The predicted molar refractivity (Wildman–Crippen MR) is 103 cm³/mol. The number of carbonyl (C=O) groups excluding carboxylic acids is 1. The van der Waals surface area contributed by atoms with E-state index in [0.717, 1.165) is 35.0 Å². The van der Waals surface area contributed by atoms with Crippen molar-refractivity contribution in [3.8, 4) is 0 Å². The van der Waals surface area contributed by atoms with Crippen LogP contribution in [0.3, 0.4) is 0 Å². The van der Waals surface area contributed by atoms with Crippen LogP contribution in [0.5, 0.6) is 0 Å². The summed E-state index contributed by atoms with van der Waals surface area (Å²) in [5.74, 6) is 0.509. The number of amides is 1. The Balaban J connectivity index is 1.65. The number of thiophene rings is 1. The first-order chi connectivity index (χ1) is 12.6. The molecule has 1 N–H and O–H groups in total. The zero-order valence-electron chi connectivity index (χ0n) is 14.7. The van der Waals surface area contributed by atoms with Crippen LogP contribution in [0.4, 0.5) is 0 Å². The molecule has 1 amide bonds. The maximum atomic E-state index is 12.6. The lowest BCUT2D eigenvalue weighted by Crippen LogP contribution is -2.29. The molecule has 26 heavy (non-hydrogen) atoms. The fraction of sp³-hybridized carbons (Fsp3) is 0.350. The molecule has 0 bridgehead atoms. The van der Waals surface area contributed by atoms with E-state index in [1.807, 2.05) is 30.3 Å². The maximum absolute atomic E-state index is 12.6. The van der Waals surface area contributed by atoms with Gasteiger partial charge in [-0.1, -0.05) is 30.3 Å². The molecule has 0 fully saturated rings. The number of H-pyrrole nitrogens is 1. The van der Waals surface area contributed by atoms with Crippen LogP contribution >= 0.6 is 11.3 Å². The lowest BCUT2D eigenvalue weighted by molar-refractivity contribution is -0.130. The highest BCUT2D eigenvalue weighted by Gasteiger charge is 2.20. The second-order valence-corrected chi connectivity index (χ2v) is 7.85. The molecular formula is C20H21N3O2S. The normalized spacial score (nSPS) is 13.6. The number of aryl methyl sites for hydroxylation is 2. The average Bonchev–Trinajstić information content (AvgIpc) is 3.00. The number of nitrogens with one attached hydrogen (secondary N) is 1. The van der Waals surface area contributed by atoms with Crippen LogP contribution in [0.1, 0.15) is 41.6 Å². The Morgan fingerprint density at radius 3 is 2.73 bits per heavy atom. The van der Waals surface area contributed by atoms with E-state index in [-0.39, 0.29) is 11.5 Å². The number of benzene rings is 1. The van der Waals surface area contributed by atoms with Crippen LogP contribution in [0.25, 0.3) is 10.2 Å². The molecular weight excluding hydrogens is 346 g/mol. The molecule has 0 atom stereocenters. The highest BCUT2D eigenvalue weighted by Crippen LogP contribution is 2.33. The van der Waals surface area contributed by atoms with E-state index < -0.39 is 0 Å². The van der Waals surface area contributed by atoms with E-state index in [9.17, 15) is 9.59 Å². The third-order valence-corrected chi connectivity index (χ3v) is 6.06. The van der Waals surface area contributed by atoms with Crippen molar-refractivity contribution in [2.75, 3.05) is 0 Å². The van der Waals surface area contributed by atoms with Crippen LogP contribution in [-0.2, 0) is 30.7 Å². The molecule has 0 radical (unpaired) electrons. The van der Waals surface area contributed by atoms with Gasteiger partial charge in [-0.2, -0.15) is 0 Å². The summed E-state index contributed by atoms with van der Waals surface area (Å²) in [7, 11) is 0. The van der Waals surface area contributed by atoms with Gasteiger partial charge in [-0.15, -0.1) is 11.3 Å². The number of aromatic amines is 1. The van der Waals surface area contributed by atoms with Crippen molar-refractivity contribution in [1.82, 2.24) is 14.9 Å². The quantitative estimate of drug-likeness (QED) is 0.768. The zero-order valence-corrected chi connectivity index (χ0v) is 15.6. The minimum atomic E-state index is -0.0763. The number of aromatic nitrogens is 2. The second-order valence-electron chi connectivity index (χ2n) is 6.76. The van der Waals surface area contributed by atoms with E-state index in [4.69, 9.17) is 0 Å². The van der Waals surface area contributed by atoms with Gasteiger partial charge in [-0.3, -0.25) is 9.59 Å². The summed E-state index contributed by atoms with van der Waals surface area (Å²) in [6, 6.07) is 9.84. The second kappa shape index (κ2) is 7.03. The number of fused-ring (bicyclic) bond motifs is 3. The summed E-state index contributed by atoms with van der Waals surface area (Å²) in [4.78, 5) is 36.1. The van der Waals surface area contributed by atoms with E-state index >= 15 is 0 Å². The molecule has 5 nitrogen and oxygen atoms in total. The topological polar surface area (TPSA) is 66.1 Å². The third-order valence-electron chi connectivity index (χ3n) is 4.88. The molecule has 0 saturated heterocycles. The van der Waals surface area contributed by atoms with Crippen molar-refractivity contribution in [1.29, 1.82) is 0 Å². The number of carbonyl (C=O) groups is 1. The molecule has 2 heterocycles. The highest BCUT2D eigenvalue weighted by molar-refractivity contribution is 7.18. The molecule has 0 unspecified atom stereocenters. The first kappa shape index (κ1) is 17.0. The Morgan fingerprint density at radius 2 is 1.96 bits per heavy atom. The molecule has 2 aromatic heterocycles. The summed E-state index contributed by atoms with van der Waals surface area (Å²) >= 11 is 1.63. The average molecular weight is 367 g/mol. The Hall–Kier alpha value is -2.47. The Morgan fingerprint density at radius 1 is 1.19 bits per heavy atom. The Labute approximate surface area is 155 Å². The predicted octanol–water partition coefficient (Wildman–Crippen LogP) is 3.41. The molecule has 1 aromatic carbocycles. The van der Waals surface area contributed by atoms with Crippen molar-refractivity contribution in [2.24, 2.45) is 0 Å². The summed E-state index contributed by atoms with van der Waals surface area (Å²) in [6.07, 6.45) is 4.32. The number of hydrogen-bond donors (Lipinski definition) is 1. The number of nitrogens with zero attached hydrogens (tertiary/aromatic N) is 2. The summed E-state index contributed by atoms with van der Waals surface area (Å²) in [6.45, 7) is 2.35. The lowest BCUT2D eigenvalue weighted by Gasteiger charge is -2.20. The fourth-order valence-corrected chi connectivity index (χ4v) is 4.83. The molecule has 0 aliphatic heterocycles. The van der Waals surface area contributed by atoms with Crippen molar-refractivity contribution in [3.63, 3.8) is 0 Å². The summed E-state index contributed by atoms with van der Waals surface area (Å²) in [5, 5.41) is 0.755. The van der Waals surface area contributed by atoms with Crippen molar-refractivity contribution in [3.05, 3.63) is 62.5 Å². The number of rotatable bonds is 4. The molecule has 6 heteroatoms. The van der Waals surface area contributed by atoms with Gasteiger partial charge in [0.15, 0.2) is 0 Å². The minimum Gasteiger partial charge on any atom is -0.331 e. The maximum Gasteiger partial charge on any atom is 0.259 e. The molecule has 0 saturated carbocycles. The molecule has 4 rings (SSSR count). The first-order valence-electron chi connectivity index (χ1n) is 8.94. The zero-order chi connectivity index (χ0) is 18.1. The molecule has 3 aromatic rings. The van der Waals surface area contributed by atoms with Gasteiger partial charge in [0.2, 0.25) is 5.91 Å². The van der Waals surface area contributed by atoms with Crippen LogP contribution in [-0.4, -0.2) is 20.8 Å². The lowest BCUT2D eigenvalue weighted by atomic mass is 9.97. The SMILES string of the molecule is CC(=O)N(Cc1ccccc1)Cc1nc2sc3c(c2c(=O)[nH]1)CCCC3. The van der Waals surface area contributed by atoms with Crippen LogP contribution in [0, 0.1) is 0 Å². The third kappa shape index (κ3) is 3.29. The van der Waals surface area contributed by atoms with Gasteiger partial charge >= 0.3 is 0 Å². The van der Waals surface area contributed by atoms with Gasteiger partial charge in [-0.25, -0.2) is 4.98 Å². The van der Waals surface area contributed by atoms with Gasteiger partial charge in [-0.05, 0) is 36.8 Å². The fourth-order valence-electron chi connectivity index (χ4n) is 3.55. The van der Waals surface area contributed by atoms with E-state index in [1.54, 1.807) is 23.2 Å². The molecule has 1 aliphatic rings. The van der Waals surface area contributed by atoms with Crippen LogP contribution in [0.2, 0.25) is 0 Å². The van der Waals surface area contributed by atoms with Crippen molar-refractivity contribution < 1.29 is 4.79 Å². The summed E-state index contributed by atoms with van der Waals surface area (Å²) < 4.78 is 0. The standard InChI is InChI=1S/C20H21N3O2S/c1-13(24)23(11-14-7-3-2-4-8-14)12-17-21-19(25)18-15-9-5-6-10-16(15)26-20(18)22-17/h2-4,7-8H,5-6,9-12H2,1H3,(H,21,22,25). The van der Waals surface area contributed by atoms with E-state index in [1.165, 1.54) is 16.9 Å². The van der Waals surface area contributed by atoms with Crippen LogP contribution in [0.15, 0.2) is 35.1 Å². The van der Waals surface area contributed by atoms with Gasteiger partial charge in [0.25, 0.3) is 5.56 Å². The molecule has 0 spiro atoms. The Kier molecular flexibility index (Phi) is 4.59. The monoisotopic (exact) mass is 367 g/mol. The van der Waals surface area contributed by atoms with Gasteiger partial charge in [0, 0.05) is 18.3 Å². The van der Waals surface area contributed by atoms with Gasteiger partial charge in [0.1, 0.15) is 10.7 Å². The van der Waals surface area contributed by atoms with Gasteiger partial charge in [0.05, 0.1) is 11.9 Å². The first-order valence-corrected chi connectivity index (χ1v) is 9.76. The van der Waals surface area contributed by atoms with Crippen LogP contribution < -0.4 is 5.56 Å². The number of hydrogen-bond acceptors (Lipinski definition) is 4. The summed E-state index contributed by atoms with van der Waals surface area (Å²) in [5.41, 5.74) is 2.16. The van der Waals surface area contributed by atoms with E-state index in [0.29, 0.717) is 18.9 Å². The highest BCUT2D eigenvalue weighted by atomic mass is 32.1. The minimum absolute atomic E-state index is 0.0397. The molecule has 1 aliphatic carbocycles. The van der Waals surface area contributed by atoms with Crippen molar-refractivity contribution >= 4 is 27.5 Å². The largest absolute Gasteiger partial charge is 0.331 e. The Bertz CT molecular complexity index is 1010. The van der Waals surface area contributed by atoms with Crippen molar-refractivity contribution in [2.45, 2.75) is 45.7 Å². The molecule has 134 valence electrons. The van der Waals surface area contributed by atoms with E-state index in [2.05, 4.69) is 9.97 Å². The van der Waals surface area contributed by atoms with Gasteiger partial charge < -0.3 is 9.88 Å². The smallest absolute Gasteiger partial charge is 0.259 e.